The van der Waals surface area contributed by atoms with Crippen LogP contribution in [0.2, 0.25) is 0 Å². The van der Waals surface area contributed by atoms with Crippen LogP contribution in [0.4, 0.5) is 0 Å². The maximum Gasteiger partial charge on any atom is 0.243 e. The van der Waals surface area contributed by atoms with Crippen molar-refractivity contribution in [2.24, 2.45) is 11.7 Å². The number of hydrogen-bond donors (Lipinski definition) is 10. The van der Waals surface area contributed by atoms with Gasteiger partial charge in [-0.1, -0.05) is 123 Å². The van der Waals surface area contributed by atoms with Gasteiger partial charge >= 0.3 is 0 Å². The van der Waals surface area contributed by atoms with Gasteiger partial charge in [0.15, 0.2) is 0 Å². The van der Waals surface area contributed by atoms with E-state index in [0.29, 0.717) is 43.4 Å². The molecular weight excluding hydrogens is 837 g/mol. The second-order valence-electron chi connectivity index (χ2n) is 18.3. The number of aliphatic hydroxyl groups is 2. The van der Waals surface area contributed by atoms with Gasteiger partial charge in [0.2, 0.25) is 29.5 Å². The van der Waals surface area contributed by atoms with E-state index in [1.807, 2.05) is 123 Å². The third-order valence-electron chi connectivity index (χ3n) is 13.0. The van der Waals surface area contributed by atoms with Crippen molar-refractivity contribution >= 4 is 29.5 Å². The number of benzene rings is 4. The number of nitrogens with one attached hydrogen (secondary N) is 7. The lowest BCUT2D eigenvalue weighted by atomic mass is 9.91. The van der Waals surface area contributed by atoms with Gasteiger partial charge in [-0.2, -0.15) is 0 Å². The van der Waals surface area contributed by atoms with Crippen molar-refractivity contribution < 1.29 is 34.2 Å². The van der Waals surface area contributed by atoms with Crippen LogP contribution >= 0.6 is 0 Å². The summed E-state index contributed by atoms with van der Waals surface area (Å²) in [6.07, 6.45) is 1.83. The van der Waals surface area contributed by atoms with Crippen molar-refractivity contribution in [2.45, 2.75) is 113 Å². The molecule has 11 N–H and O–H groups in total. The van der Waals surface area contributed by atoms with Crippen molar-refractivity contribution in [1.29, 1.82) is 0 Å². The van der Waals surface area contributed by atoms with Crippen LogP contribution in [-0.2, 0) is 24.0 Å². The first kappa shape index (κ1) is 48.0. The van der Waals surface area contributed by atoms with E-state index in [9.17, 15) is 34.2 Å². The Balaban J connectivity index is 0.957. The summed E-state index contributed by atoms with van der Waals surface area (Å²) in [6.45, 7) is 4.92. The maximum atomic E-state index is 14.0. The van der Waals surface area contributed by atoms with Gasteiger partial charge in [0.1, 0.15) is 18.2 Å². The molecule has 4 aromatic rings. The number of rotatable bonds is 19. The van der Waals surface area contributed by atoms with Gasteiger partial charge < -0.3 is 47.8 Å². The van der Waals surface area contributed by atoms with Crippen LogP contribution in [0.3, 0.4) is 0 Å². The number of amides is 5. The molecule has 0 radical (unpaired) electrons. The van der Waals surface area contributed by atoms with Gasteiger partial charge in [-0.25, -0.2) is 0 Å². The highest BCUT2D eigenvalue weighted by atomic mass is 16.3. The maximum absolute atomic E-state index is 14.0. The zero-order valence-electron chi connectivity index (χ0n) is 37.6. The molecule has 0 spiro atoms. The summed E-state index contributed by atoms with van der Waals surface area (Å²) in [7, 11) is 0. The first-order valence-electron chi connectivity index (χ1n) is 23.2. The number of carbonyl (C=O) groups is 5. The van der Waals surface area contributed by atoms with E-state index in [2.05, 4.69) is 37.2 Å². The predicted octanol–water partition coefficient (Wildman–Crippen LogP) is 3.29. The molecule has 5 amide bonds. The van der Waals surface area contributed by atoms with Crippen LogP contribution in [0.25, 0.3) is 0 Å². The molecule has 5 unspecified atom stereocenters. The highest BCUT2D eigenvalue weighted by Gasteiger charge is 2.36. The number of aliphatic hydroxyl groups excluding tert-OH is 2. The number of carbonyl (C=O) groups excluding carboxylic acids is 5. The summed E-state index contributed by atoms with van der Waals surface area (Å²) < 4.78 is 0. The molecule has 350 valence electrons. The average Bonchev–Trinajstić information content (AvgIpc) is 4.16. The number of nitrogens with two attached hydrogens (primary N) is 1. The van der Waals surface area contributed by atoms with Crippen molar-refractivity contribution in [1.82, 2.24) is 37.2 Å². The lowest BCUT2D eigenvalue weighted by Gasteiger charge is -2.27. The van der Waals surface area contributed by atoms with Crippen LogP contribution in [0.1, 0.15) is 122 Å². The largest absolute Gasteiger partial charge is 0.386 e. The lowest BCUT2D eigenvalue weighted by Crippen LogP contribution is -2.52. The topological polar surface area (TPSA) is 236 Å². The van der Waals surface area contributed by atoms with Crippen LogP contribution in [-0.4, -0.2) is 83.6 Å². The lowest BCUT2D eigenvalue weighted by molar-refractivity contribution is -0.131. The van der Waals surface area contributed by atoms with E-state index < -0.39 is 54.2 Å². The average molecular weight is 901 g/mol. The minimum atomic E-state index is -1.07. The molecule has 3 heterocycles. The van der Waals surface area contributed by atoms with Gasteiger partial charge in [0.25, 0.3) is 0 Å². The minimum absolute atomic E-state index is 0.00406. The molecule has 3 fully saturated rings. The molecule has 15 heteroatoms. The fraction of sp³-hybridized carbons (Fsp3) is 0.431. The molecule has 3 aliphatic rings. The molecule has 0 aromatic heterocycles. The summed E-state index contributed by atoms with van der Waals surface area (Å²) >= 11 is 0. The van der Waals surface area contributed by atoms with Crippen LogP contribution < -0.4 is 43.0 Å². The first-order valence-corrected chi connectivity index (χ1v) is 23.2. The highest BCUT2D eigenvalue weighted by molar-refractivity contribution is 5.91. The SMILES string of the molecule is CC(C)CC(NC(=O)[C@@H]1CC(c2ccc([C@H](O)[C@@H](NC(=O)[C@@H]3CCC(c4ccc(C(O)C(NC(=O)[C@@H]5CCCN5)c5ccccc5)cc4)N3)c3ccccc3)cc2)CN1)C(=O)NCC(N)=O. The second-order valence-corrected chi connectivity index (χ2v) is 18.3. The van der Waals surface area contributed by atoms with E-state index in [4.69, 9.17) is 5.73 Å². The molecule has 15 nitrogen and oxygen atoms in total. The summed E-state index contributed by atoms with van der Waals surface area (Å²) in [4.78, 5) is 64.4. The van der Waals surface area contributed by atoms with Gasteiger partial charge in [0, 0.05) is 12.6 Å². The first-order chi connectivity index (χ1) is 31.8. The fourth-order valence-corrected chi connectivity index (χ4v) is 9.38. The van der Waals surface area contributed by atoms with Gasteiger partial charge in [-0.05, 0) is 90.3 Å². The van der Waals surface area contributed by atoms with E-state index in [0.717, 1.165) is 41.6 Å². The van der Waals surface area contributed by atoms with Crippen LogP contribution in [0.5, 0.6) is 0 Å². The summed E-state index contributed by atoms with van der Waals surface area (Å²) in [5, 5.41) is 45.0. The summed E-state index contributed by atoms with van der Waals surface area (Å²) in [5.41, 5.74) is 9.99. The molecular formula is C51H64N8O7. The van der Waals surface area contributed by atoms with Crippen molar-refractivity contribution in [2.75, 3.05) is 19.6 Å². The molecule has 3 saturated heterocycles. The summed E-state index contributed by atoms with van der Waals surface area (Å²) in [6, 6.07) is 30.5. The highest BCUT2D eigenvalue weighted by Crippen LogP contribution is 2.35. The second kappa shape index (κ2) is 22.5. The quantitative estimate of drug-likeness (QED) is 0.0660. The van der Waals surface area contributed by atoms with Gasteiger partial charge in [-0.3, -0.25) is 29.3 Å². The Bertz CT molecular complexity index is 2260. The Kier molecular flexibility index (Phi) is 16.3. The molecule has 3 aliphatic heterocycles. The standard InChI is InChI=1S/C51H64N8O7/c1-30(2)26-42(48(63)55-29-43(52)60)57-51(66)41-27-37(28-54-41)31-15-19-35(20-16-31)46(61)45(34-12-7-4-8-13-34)59-50(65)40-24-23-38(56-40)32-17-21-36(22-18-32)47(62)44(33-10-5-3-6-11-33)58-49(64)39-14-9-25-53-39/h3-8,10-13,15-22,30,37-42,44-47,53-54,56,61-62H,9,14,23-29H2,1-2H3,(H2,52,60)(H,55,63)(H,57,66)(H,58,64)(H,59,65)/t37?,38?,39-,40-,41-,42?,44?,45-,46-,47?/m0/s1. The van der Waals surface area contributed by atoms with Gasteiger partial charge in [0.05, 0.1) is 36.8 Å². The Morgan fingerprint density at radius 2 is 1.18 bits per heavy atom. The van der Waals surface area contributed by atoms with E-state index in [-0.39, 0.29) is 48.2 Å². The van der Waals surface area contributed by atoms with Crippen LogP contribution in [0, 0.1) is 5.92 Å². The minimum Gasteiger partial charge on any atom is -0.386 e. The Morgan fingerprint density at radius 3 is 1.71 bits per heavy atom. The molecule has 0 bridgehead atoms. The molecule has 66 heavy (non-hydrogen) atoms. The number of hydrogen-bond acceptors (Lipinski definition) is 10. The third-order valence-corrected chi connectivity index (χ3v) is 13.0. The predicted molar refractivity (Wildman–Crippen MR) is 250 cm³/mol. The normalized spacial score (nSPS) is 22.7. The molecule has 10 atom stereocenters. The smallest absolute Gasteiger partial charge is 0.243 e. The van der Waals surface area contributed by atoms with Gasteiger partial charge in [-0.15, -0.1) is 0 Å². The van der Waals surface area contributed by atoms with Crippen LogP contribution in [0.15, 0.2) is 109 Å². The molecule has 0 aliphatic carbocycles. The third kappa shape index (κ3) is 12.3. The molecule has 0 saturated carbocycles. The Labute approximate surface area is 386 Å². The fourth-order valence-electron chi connectivity index (χ4n) is 9.38. The monoisotopic (exact) mass is 900 g/mol. The van der Waals surface area contributed by atoms with E-state index in [1.165, 1.54) is 0 Å². The molecule has 4 aromatic carbocycles. The Morgan fingerprint density at radius 1 is 0.636 bits per heavy atom. The summed E-state index contributed by atoms with van der Waals surface area (Å²) in [5.74, 6) is -1.65. The van der Waals surface area contributed by atoms with Crippen molar-refractivity contribution in [3.8, 4) is 0 Å². The Hall–Kier alpha value is -5.97. The van der Waals surface area contributed by atoms with Crippen molar-refractivity contribution in [3.63, 3.8) is 0 Å². The molecule has 7 rings (SSSR count). The zero-order chi connectivity index (χ0) is 46.7. The van der Waals surface area contributed by atoms with Crippen molar-refractivity contribution in [3.05, 3.63) is 143 Å². The number of primary amides is 1. The zero-order valence-corrected chi connectivity index (χ0v) is 37.6. The van der Waals surface area contributed by atoms with E-state index in [1.54, 1.807) is 0 Å². The van der Waals surface area contributed by atoms with E-state index >= 15 is 0 Å².